The van der Waals surface area contributed by atoms with Gasteiger partial charge in [0.1, 0.15) is 0 Å². The van der Waals surface area contributed by atoms with Crippen LogP contribution in [0.15, 0.2) is 0 Å². The first-order chi connectivity index (χ1) is 0. The van der Waals surface area contributed by atoms with Crippen LogP contribution in [0.4, 0.5) is 0 Å². The van der Waals surface area contributed by atoms with E-state index in [2.05, 4.69) is 0 Å². The molecule has 0 bridgehead atoms. The van der Waals surface area contributed by atoms with Crippen molar-refractivity contribution in [1.29, 1.82) is 0 Å². The first-order valence-electron chi connectivity index (χ1n) is 0. The van der Waals surface area contributed by atoms with Crippen molar-refractivity contribution in [1.82, 2.24) is 0 Å². The molecular weight excluding hydrogens is 448 g/mol. The summed E-state index contributed by atoms with van der Waals surface area (Å²) in [5.74, 6) is 0. The van der Waals surface area contributed by atoms with Gasteiger partial charge in [0.15, 0.2) is 0 Å². The molecule has 0 aromatic heterocycles. The maximum absolute atomic E-state index is 0. The smallest absolute Gasteiger partial charge is 1.00 e. The van der Waals surface area contributed by atoms with Gasteiger partial charge in [0.25, 0.3) is 0 Å². The zero-order valence-electron chi connectivity index (χ0n) is 7.31. The van der Waals surface area contributed by atoms with Crippen LogP contribution in [-0.2, 0) is 118 Å². The molecule has 0 aromatic rings. The van der Waals surface area contributed by atoms with E-state index in [0.717, 1.165) is 0 Å². The molecule has 0 saturated heterocycles. The van der Waals surface area contributed by atoms with Crippen LogP contribution in [-0.4, -0.2) is 0 Å². The monoisotopic (exact) mass is 456 g/mol. The van der Waals surface area contributed by atoms with Crippen LogP contribution in [0.5, 0.6) is 0 Å². The van der Waals surface area contributed by atoms with Crippen molar-refractivity contribution in [3.05, 3.63) is 0 Å². The standard InChI is InChI=1S/3Mo.10O/q;;;10*-2/p+2. The molecule has 10 nitrogen and oxygen atoms in total. The van der Waals surface area contributed by atoms with Gasteiger partial charge in [-0.3, -0.25) is 0 Å². The molecule has 98 valence electrons. The number of rotatable bonds is 0. The molecule has 13 heteroatoms. The van der Waals surface area contributed by atoms with Crippen LogP contribution in [0.25, 0.3) is 0 Å². The second kappa shape index (κ2) is 791. The summed E-state index contributed by atoms with van der Waals surface area (Å²) in [6, 6.07) is 0. The second-order valence-corrected chi connectivity index (χ2v) is 0. The molecular formula is H2Mo3O10-18. The van der Waals surface area contributed by atoms with E-state index in [1.54, 1.807) is 0 Å². The summed E-state index contributed by atoms with van der Waals surface area (Å²) in [4.78, 5) is 0. The van der Waals surface area contributed by atoms with E-state index in [9.17, 15) is 0 Å². The van der Waals surface area contributed by atoms with Gasteiger partial charge in [-0.15, -0.1) is 0 Å². The SMILES string of the molecule is [H+].[H+].[Mo].[Mo].[Mo].[O-2].[O-2].[O-2].[O-2].[O-2].[O-2].[O-2].[O-2].[O-2].[O-2]. The van der Waals surface area contributed by atoms with Gasteiger partial charge < -0.3 is 54.8 Å². The van der Waals surface area contributed by atoms with Crippen LogP contribution < -0.4 is 0 Å². The minimum Gasteiger partial charge on any atom is -2.00 e. The predicted octanol–water partition coefficient (Wildman–Crippen LogP) is -0.971. The Balaban J connectivity index is 0. The van der Waals surface area contributed by atoms with Gasteiger partial charge in [-0.1, -0.05) is 0 Å². The maximum Gasteiger partial charge on any atom is 1.00 e. The van der Waals surface area contributed by atoms with Crippen molar-refractivity contribution in [3.8, 4) is 0 Å². The van der Waals surface area contributed by atoms with Gasteiger partial charge >= 0.3 is 2.85 Å². The Morgan fingerprint density at radius 2 is 0.231 bits per heavy atom. The van der Waals surface area contributed by atoms with Crippen LogP contribution in [0.1, 0.15) is 2.85 Å². The predicted molar refractivity (Wildman–Crippen MR) is 9.09 cm³/mol. The first kappa shape index (κ1) is 988. The van der Waals surface area contributed by atoms with Gasteiger partial charge in [-0.2, -0.15) is 0 Å². The van der Waals surface area contributed by atoms with Crippen molar-refractivity contribution < 1.29 is 121 Å². The summed E-state index contributed by atoms with van der Waals surface area (Å²) in [6.07, 6.45) is 0. The van der Waals surface area contributed by atoms with Crippen LogP contribution >= 0.6 is 0 Å². The third-order valence-electron chi connectivity index (χ3n) is 0. The van der Waals surface area contributed by atoms with Gasteiger partial charge in [-0.05, 0) is 0 Å². The normalized spacial score (nSPS) is 0. The summed E-state index contributed by atoms with van der Waals surface area (Å²) in [5, 5.41) is 0. The fraction of sp³-hybridized carbons (Fsp3) is 0. The largest absolute Gasteiger partial charge is 2.00 e. The molecule has 0 heterocycles. The Kier molecular flexibility index (Phi) is 60100. The average Bonchev–Trinajstić information content (AvgIpc) is 0. The molecule has 0 radical (unpaired) electrons. The Bertz CT molecular complexity index is 18.6. The van der Waals surface area contributed by atoms with E-state index in [1.807, 2.05) is 0 Å². The first-order valence-corrected chi connectivity index (χ1v) is 0. The zero-order chi connectivity index (χ0) is 0. The van der Waals surface area contributed by atoms with Crippen LogP contribution in [0.3, 0.4) is 0 Å². The Morgan fingerprint density at radius 1 is 0.231 bits per heavy atom. The van der Waals surface area contributed by atoms with E-state index in [1.165, 1.54) is 0 Å². The van der Waals surface area contributed by atoms with Crippen molar-refractivity contribution in [3.63, 3.8) is 0 Å². The van der Waals surface area contributed by atoms with E-state index in [0.29, 0.717) is 0 Å². The van der Waals surface area contributed by atoms with Gasteiger partial charge in [0, 0.05) is 63.2 Å². The molecule has 0 aliphatic heterocycles. The van der Waals surface area contributed by atoms with Gasteiger partial charge in [-0.25, -0.2) is 0 Å². The summed E-state index contributed by atoms with van der Waals surface area (Å²) >= 11 is 0. The van der Waals surface area contributed by atoms with Crippen LogP contribution in [0, 0.1) is 0 Å². The topological polar surface area (TPSA) is 285 Å². The Morgan fingerprint density at radius 3 is 0.231 bits per heavy atom. The van der Waals surface area contributed by atoms with E-state index < -0.39 is 0 Å². The fourth-order valence-corrected chi connectivity index (χ4v) is 0. The molecule has 0 fully saturated rings. The third-order valence-corrected chi connectivity index (χ3v) is 0. The van der Waals surface area contributed by atoms with Crippen molar-refractivity contribution in [2.45, 2.75) is 0 Å². The minimum absolute atomic E-state index is 0. The molecule has 0 unspecified atom stereocenters. The molecule has 0 amide bonds. The van der Waals surface area contributed by atoms with E-state index in [4.69, 9.17) is 0 Å². The molecule has 0 spiro atoms. The molecule has 0 rings (SSSR count). The summed E-state index contributed by atoms with van der Waals surface area (Å²) in [7, 11) is 0. The molecule has 0 aromatic carbocycles. The molecule has 0 aliphatic rings. The average molecular weight is 450 g/mol. The van der Waals surface area contributed by atoms with Crippen molar-refractivity contribution in [2.24, 2.45) is 0 Å². The van der Waals surface area contributed by atoms with Gasteiger partial charge in [0.2, 0.25) is 0 Å². The fourth-order valence-electron chi connectivity index (χ4n) is 0. The third kappa shape index (κ3) is 671. The van der Waals surface area contributed by atoms with Crippen LogP contribution in [0.2, 0.25) is 0 Å². The molecule has 0 aliphatic carbocycles. The Labute approximate surface area is 120 Å². The minimum atomic E-state index is 0. The molecule has 0 saturated carbocycles. The second-order valence-electron chi connectivity index (χ2n) is 0. The van der Waals surface area contributed by atoms with Crippen molar-refractivity contribution in [2.75, 3.05) is 0 Å². The molecule has 0 N–H and O–H groups in total. The summed E-state index contributed by atoms with van der Waals surface area (Å²) < 4.78 is 0. The molecule has 13 heavy (non-hydrogen) atoms. The van der Waals surface area contributed by atoms with Gasteiger partial charge in [0.05, 0.1) is 0 Å². The maximum atomic E-state index is 0. The van der Waals surface area contributed by atoms with E-state index in [-0.39, 0.29) is 121 Å². The number of hydrogen-bond donors (Lipinski definition) is 0. The molecule has 0 atom stereocenters. The van der Waals surface area contributed by atoms with Crippen molar-refractivity contribution >= 4 is 0 Å². The zero-order valence-corrected chi connectivity index (χ0v) is 11.3. The van der Waals surface area contributed by atoms with E-state index >= 15 is 0 Å². The summed E-state index contributed by atoms with van der Waals surface area (Å²) in [5.41, 5.74) is 0. The number of hydrogen-bond acceptors (Lipinski definition) is 0. The summed E-state index contributed by atoms with van der Waals surface area (Å²) in [6.45, 7) is 0. The quantitative estimate of drug-likeness (QED) is 0.403. The Hall–Kier alpha value is 1.66.